The molecule has 3 heterocycles. The molecule has 156 valence electrons. The normalized spacial score (nSPS) is 13.1. The second-order valence-corrected chi connectivity index (χ2v) is 8.84. The molecule has 30 heavy (non-hydrogen) atoms. The van der Waals surface area contributed by atoms with Crippen LogP contribution in [0.2, 0.25) is 0 Å². The number of anilines is 2. The monoisotopic (exact) mass is 489 g/mol. The summed E-state index contributed by atoms with van der Waals surface area (Å²) in [6.07, 6.45) is 4.07. The molecule has 0 saturated heterocycles. The first kappa shape index (κ1) is 20.5. The lowest BCUT2D eigenvalue weighted by molar-refractivity contribution is -0.118. The van der Waals surface area contributed by atoms with Crippen molar-refractivity contribution in [3.8, 4) is 10.7 Å². The van der Waals surface area contributed by atoms with E-state index in [2.05, 4.69) is 52.0 Å². The van der Waals surface area contributed by atoms with Crippen LogP contribution < -0.4 is 16.0 Å². The summed E-state index contributed by atoms with van der Waals surface area (Å²) in [5.41, 5.74) is 1.13. The summed E-state index contributed by atoms with van der Waals surface area (Å²) in [6.45, 7) is 2.19. The van der Waals surface area contributed by atoms with Gasteiger partial charge in [-0.1, -0.05) is 0 Å². The van der Waals surface area contributed by atoms with Crippen LogP contribution in [0, 0.1) is 0 Å². The predicted molar refractivity (Wildman–Crippen MR) is 118 cm³/mol. The van der Waals surface area contributed by atoms with Crippen molar-refractivity contribution in [2.24, 2.45) is 0 Å². The highest BCUT2D eigenvalue weighted by molar-refractivity contribution is 9.10. The fourth-order valence-electron chi connectivity index (χ4n) is 2.78. The summed E-state index contributed by atoms with van der Waals surface area (Å²) >= 11 is 4.77. The molecule has 1 aliphatic carbocycles. The van der Waals surface area contributed by atoms with E-state index >= 15 is 0 Å². The molecule has 2 amide bonds. The summed E-state index contributed by atoms with van der Waals surface area (Å²) in [7, 11) is 0. The van der Waals surface area contributed by atoms with Crippen LogP contribution in [-0.2, 0) is 4.79 Å². The van der Waals surface area contributed by atoms with Gasteiger partial charge in [0.25, 0.3) is 5.91 Å². The number of carbonyl (C=O) groups excluding carboxylic acids is 2. The molecular formula is C19H20BrN7O2S. The van der Waals surface area contributed by atoms with Gasteiger partial charge in [-0.25, -0.2) is 9.97 Å². The highest BCUT2D eigenvalue weighted by Crippen LogP contribution is 2.40. The van der Waals surface area contributed by atoms with Crippen molar-refractivity contribution in [2.75, 3.05) is 18.4 Å². The quantitative estimate of drug-likeness (QED) is 0.360. The molecule has 1 aliphatic rings. The van der Waals surface area contributed by atoms with E-state index in [1.54, 1.807) is 12.3 Å². The second-order valence-electron chi connectivity index (χ2n) is 6.90. The molecule has 9 nitrogen and oxygen atoms in total. The molecule has 11 heteroatoms. The van der Waals surface area contributed by atoms with Crippen molar-refractivity contribution in [2.45, 2.75) is 25.7 Å². The molecule has 3 aromatic rings. The van der Waals surface area contributed by atoms with Crippen LogP contribution in [0.1, 0.15) is 41.0 Å². The van der Waals surface area contributed by atoms with Crippen LogP contribution in [-0.4, -0.2) is 45.1 Å². The summed E-state index contributed by atoms with van der Waals surface area (Å²) in [5.74, 6) is 2.08. The van der Waals surface area contributed by atoms with Gasteiger partial charge in [-0.15, -0.1) is 11.3 Å². The van der Waals surface area contributed by atoms with Gasteiger partial charge < -0.3 is 16.0 Å². The van der Waals surface area contributed by atoms with Crippen LogP contribution >= 0.6 is 27.3 Å². The molecule has 1 fully saturated rings. The van der Waals surface area contributed by atoms with Gasteiger partial charge in [-0.3, -0.25) is 14.7 Å². The summed E-state index contributed by atoms with van der Waals surface area (Å²) in [6, 6.07) is 5.56. The number of H-pyrrole nitrogens is 1. The van der Waals surface area contributed by atoms with E-state index in [9.17, 15) is 9.59 Å². The Balaban J connectivity index is 1.43. The maximum Gasteiger partial charge on any atom is 0.261 e. The number of thiophene rings is 1. The molecule has 4 rings (SSSR count). The predicted octanol–water partition coefficient (Wildman–Crippen LogP) is 3.18. The molecule has 0 aliphatic heterocycles. The zero-order valence-electron chi connectivity index (χ0n) is 16.2. The third-order valence-corrected chi connectivity index (χ3v) is 6.10. The Hall–Kier alpha value is -2.79. The topological polar surface area (TPSA) is 125 Å². The summed E-state index contributed by atoms with van der Waals surface area (Å²) in [4.78, 5) is 33.4. The zero-order valence-corrected chi connectivity index (χ0v) is 18.6. The van der Waals surface area contributed by atoms with Crippen molar-refractivity contribution in [3.05, 3.63) is 39.4 Å². The first-order chi connectivity index (χ1) is 14.5. The molecule has 0 spiro atoms. The number of aromatic nitrogens is 4. The number of carbonyl (C=O) groups is 2. The number of aromatic amines is 1. The Morgan fingerprint density at radius 3 is 2.83 bits per heavy atom. The Morgan fingerprint density at radius 2 is 2.07 bits per heavy atom. The lowest BCUT2D eigenvalue weighted by Gasteiger charge is -2.06. The van der Waals surface area contributed by atoms with Crippen molar-refractivity contribution in [1.82, 2.24) is 30.8 Å². The van der Waals surface area contributed by atoms with Gasteiger partial charge in [0.2, 0.25) is 5.91 Å². The van der Waals surface area contributed by atoms with Crippen molar-refractivity contribution in [3.63, 3.8) is 0 Å². The van der Waals surface area contributed by atoms with Crippen LogP contribution in [0.3, 0.4) is 0 Å². The molecule has 0 aromatic carbocycles. The number of hydrogen-bond donors (Lipinski definition) is 4. The average molecular weight is 490 g/mol. The van der Waals surface area contributed by atoms with E-state index in [1.807, 2.05) is 12.1 Å². The molecule has 0 unspecified atom stereocenters. The maximum atomic E-state index is 12.3. The summed E-state index contributed by atoms with van der Waals surface area (Å²) < 4.78 is 0.717. The van der Waals surface area contributed by atoms with Crippen molar-refractivity contribution < 1.29 is 9.59 Å². The average Bonchev–Trinajstić information content (AvgIpc) is 3.26. The van der Waals surface area contributed by atoms with Crippen LogP contribution in [0.25, 0.3) is 10.7 Å². The molecule has 0 radical (unpaired) electrons. The molecule has 3 aromatic heterocycles. The first-order valence-corrected chi connectivity index (χ1v) is 11.1. The fourth-order valence-corrected chi connectivity index (χ4v) is 3.93. The Morgan fingerprint density at radius 1 is 1.27 bits per heavy atom. The van der Waals surface area contributed by atoms with Gasteiger partial charge in [0.1, 0.15) is 5.82 Å². The summed E-state index contributed by atoms with van der Waals surface area (Å²) in [5, 5.41) is 16.0. The maximum absolute atomic E-state index is 12.3. The molecule has 1 saturated carbocycles. The van der Waals surface area contributed by atoms with E-state index in [1.165, 1.54) is 31.1 Å². The molecule has 4 N–H and O–H groups in total. The van der Waals surface area contributed by atoms with Gasteiger partial charge >= 0.3 is 0 Å². The fraction of sp³-hybridized carbons (Fsp3) is 0.316. The molecular weight excluding hydrogens is 470 g/mol. The number of nitrogens with zero attached hydrogens (tertiary/aromatic N) is 3. The zero-order chi connectivity index (χ0) is 21.1. The lowest BCUT2D eigenvalue weighted by atomic mass is 10.3. The number of nitrogens with one attached hydrogen (secondary N) is 4. The van der Waals surface area contributed by atoms with Crippen LogP contribution in [0.4, 0.5) is 11.6 Å². The Labute approximate surface area is 185 Å². The van der Waals surface area contributed by atoms with Crippen LogP contribution in [0.5, 0.6) is 0 Å². The minimum Gasteiger partial charge on any atom is -0.355 e. The van der Waals surface area contributed by atoms with E-state index in [4.69, 9.17) is 0 Å². The van der Waals surface area contributed by atoms with Crippen LogP contribution in [0.15, 0.2) is 28.9 Å². The van der Waals surface area contributed by atoms with Gasteiger partial charge in [0, 0.05) is 43.9 Å². The van der Waals surface area contributed by atoms with E-state index in [0.29, 0.717) is 41.3 Å². The minimum atomic E-state index is -0.198. The largest absolute Gasteiger partial charge is 0.355 e. The van der Waals surface area contributed by atoms with Gasteiger partial charge in [0.15, 0.2) is 11.6 Å². The van der Waals surface area contributed by atoms with E-state index in [0.717, 1.165) is 15.0 Å². The number of hydrogen-bond acceptors (Lipinski definition) is 7. The molecule has 0 bridgehead atoms. The smallest absolute Gasteiger partial charge is 0.261 e. The highest BCUT2D eigenvalue weighted by atomic mass is 79.9. The minimum absolute atomic E-state index is 0.127. The number of amides is 2. The second kappa shape index (κ2) is 8.92. The SMILES string of the molecule is CC(=O)NCCNC(=O)c1ccc(-c2ncc(Br)c(Nc3cc(C4CC4)[nH]n3)n2)s1. The van der Waals surface area contributed by atoms with Gasteiger partial charge in [0.05, 0.1) is 14.2 Å². The third kappa shape index (κ3) is 5.03. The highest BCUT2D eigenvalue weighted by Gasteiger charge is 2.25. The third-order valence-electron chi connectivity index (χ3n) is 4.44. The van der Waals surface area contributed by atoms with Gasteiger partial charge in [-0.05, 0) is 40.9 Å². The van der Waals surface area contributed by atoms with Crippen molar-refractivity contribution >= 4 is 50.7 Å². The Bertz CT molecular complexity index is 1080. The number of halogens is 1. The van der Waals surface area contributed by atoms with E-state index < -0.39 is 0 Å². The lowest BCUT2D eigenvalue weighted by Crippen LogP contribution is -2.33. The molecule has 0 atom stereocenters. The Kier molecular flexibility index (Phi) is 6.09. The van der Waals surface area contributed by atoms with Crippen molar-refractivity contribution in [1.29, 1.82) is 0 Å². The van der Waals surface area contributed by atoms with Gasteiger partial charge in [-0.2, -0.15) is 5.10 Å². The van der Waals surface area contributed by atoms with E-state index in [-0.39, 0.29) is 11.8 Å². The first-order valence-electron chi connectivity index (χ1n) is 9.47. The standard InChI is InChI=1S/C19H20BrN7O2S/c1-10(28)21-6-7-22-19(29)15-5-4-14(30-15)18-23-9-12(20)17(25-18)24-16-8-13(26-27-16)11-2-3-11/h4-5,8-9,11H,2-3,6-7H2,1H3,(H,21,28)(H,22,29)(H2,23,24,25,26,27). The number of rotatable bonds is 8.